The quantitative estimate of drug-likeness (QED) is 0.922. The van der Waals surface area contributed by atoms with Gasteiger partial charge in [-0.1, -0.05) is 30.1 Å². The fourth-order valence-electron chi connectivity index (χ4n) is 1.76. The third-order valence-corrected chi connectivity index (χ3v) is 3.11. The molecule has 0 radical (unpaired) electrons. The number of rotatable bonds is 5. The third-order valence-electron chi connectivity index (χ3n) is 2.67. The van der Waals surface area contributed by atoms with Gasteiger partial charge in [-0.3, -0.25) is 0 Å². The fourth-order valence-corrected chi connectivity index (χ4v) is 2.28. The molecule has 7 heteroatoms. The lowest BCUT2D eigenvalue weighted by atomic mass is 10.2. The van der Waals surface area contributed by atoms with Crippen LogP contribution < -0.4 is 5.32 Å². The molecule has 0 amide bonds. The molecule has 0 saturated heterocycles. The van der Waals surface area contributed by atoms with Gasteiger partial charge >= 0.3 is 0 Å². The second kappa shape index (κ2) is 6.32. The summed E-state index contributed by atoms with van der Waals surface area (Å²) in [7, 11) is 0. The van der Waals surface area contributed by atoms with Crippen LogP contribution in [0, 0.1) is 0 Å². The first-order chi connectivity index (χ1) is 9.11. The minimum atomic E-state index is 0.0488. The van der Waals surface area contributed by atoms with Gasteiger partial charge in [0.25, 0.3) is 0 Å². The van der Waals surface area contributed by atoms with Crippen molar-refractivity contribution < 1.29 is 0 Å². The Morgan fingerprint density at radius 2 is 1.95 bits per heavy atom. The number of halogens is 2. The molecule has 1 aromatic carbocycles. The van der Waals surface area contributed by atoms with Crippen LogP contribution in [0.1, 0.15) is 32.1 Å². The van der Waals surface area contributed by atoms with Gasteiger partial charge in [-0.2, -0.15) is 4.68 Å². The summed E-state index contributed by atoms with van der Waals surface area (Å²) < 4.78 is 1.64. The van der Waals surface area contributed by atoms with Crippen LogP contribution in [0.2, 0.25) is 10.0 Å². The van der Waals surface area contributed by atoms with Gasteiger partial charge < -0.3 is 5.32 Å². The van der Waals surface area contributed by atoms with E-state index >= 15 is 0 Å². The van der Waals surface area contributed by atoms with Gasteiger partial charge in [-0.25, -0.2) is 0 Å². The minimum absolute atomic E-state index is 0.0488. The van der Waals surface area contributed by atoms with Crippen molar-refractivity contribution in [2.45, 2.75) is 26.3 Å². The number of nitrogens with one attached hydrogen (secondary N) is 1. The normalized spacial score (nSPS) is 12.6. The summed E-state index contributed by atoms with van der Waals surface area (Å²) in [6.07, 6.45) is 1.05. The summed E-state index contributed by atoms with van der Waals surface area (Å²) in [6, 6.07) is 5.28. The van der Waals surface area contributed by atoms with Crippen LogP contribution in [-0.2, 0) is 0 Å². The summed E-state index contributed by atoms with van der Waals surface area (Å²) in [4.78, 5) is 0. The van der Waals surface area contributed by atoms with Crippen LogP contribution in [0.4, 0.5) is 0 Å². The van der Waals surface area contributed by atoms with Crippen LogP contribution >= 0.6 is 23.2 Å². The molecule has 1 N–H and O–H groups in total. The zero-order valence-corrected chi connectivity index (χ0v) is 12.3. The Morgan fingerprint density at radius 1 is 1.26 bits per heavy atom. The Morgan fingerprint density at radius 3 is 2.58 bits per heavy atom. The van der Waals surface area contributed by atoms with Crippen LogP contribution in [0.15, 0.2) is 18.2 Å². The number of nitrogens with zero attached hydrogens (tertiary/aromatic N) is 4. The van der Waals surface area contributed by atoms with Crippen molar-refractivity contribution in [2.24, 2.45) is 0 Å². The first kappa shape index (κ1) is 14.2. The standard InChI is InChI=1S/C12H15Cl2N5/c1-3-4-15-8(2)12-16-17-18-19(12)11-6-9(13)5-10(14)7-11/h5-8,15H,3-4H2,1-2H3. The molecule has 5 nitrogen and oxygen atoms in total. The molecule has 0 aliphatic rings. The first-order valence-electron chi connectivity index (χ1n) is 6.10. The smallest absolute Gasteiger partial charge is 0.173 e. The van der Waals surface area contributed by atoms with E-state index in [1.807, 2.05) is 6.92 Å². The monoisotopic (exact) mass is 299 g/mol. The zero-order chi connectivity index (χ0) is 13.8. The summed E-state index contributed by atoms with van der Waals surface area (Å²) in [5.74, 6) is 0.729. The lowest BCUT2D eigenvalue weighted by Crippen LogP contribution is -2.22. The lowest BCUT2D eigenvalue weighted by molar-refractivity contribution is 0.531. The molecule has 0 saturated carbocycles. The number of hydrogen-bond donors (Lipinski definition) is 1. The summed E-state index contributed by atoms with van der Waals surface area (Å²) in [5, 5.41) is 16.2. The molecular formula is C12H15Cl2N5. The Bertz CT molecular complexity index is 535. The highest BCUT2D eigenvalue weighted by atomic mass is 35.5. The topological polar surface area (TPSA) is 55.6 Å². The largest absolute Gasteiger partial charge is 0.307 e. The highest BCUT2D eigenvalue weighted by Gasteiger charge is 2.15. The van der Waals surface area contributed by atoms with E-state index < -0.39 is 0 Å². The molecule has 1 heterocycles. The Kier molecular flexibility index (Phi) is 4.74. The highest BCUT2D eigenvalue weighted by Crippen LogP contribution is 2.23. The molecule has 0 bridgehead atoms. The van der Waals surface area contributed by atoms with E-state index in [2.05, 4.69) is 27.8 Å². The number of benzene rings is 1. The molecule has 0 fully saturated rings. The predicted molar refractivity (Wildman–Crippen MR) is 75.9 cm³/mol. The van der Waals surface area contributed by atoms with Crippen molar-refractivity contribution in [3.8, 4) is 5.69 Å². The van der Waals surface area contributed by atoms with E-state index in [-0.39, 0.29) is 6.04 Å². The maximum absolute atomic E-state index is 6.00. The van der Waals surface area contributed by atoms with Crippen molar-refractivity contribution in [2.75, 3.05) is 6.54 Å². The first-order valence-corrected chi connectivity index (χ1v) is 6.85. The second-order valence-corrected chi connectivity index (χ2v) is 5.13. The van der Waals surface area contributed by atoms with E-state index in [1.54, 1.807) is 22.9 Å². The van der Waals surface area contributed by atoms with Crippen molar-refractivity contribution in [1.82, 2.24) is 25.5 Å². The number of aromatic nitrogens is 4. The lowest BCUT2D eigenvalue weighted by Gasteiger charge is -2.13. The molecule has 2 aromatic rings. The van der Waals surface area contributed by atoms with Crippen LogP contribution in [0.25, 0.3) is 5.69 Å². The van der Waals surface area contributed by atoms with Crippen LogP contribution in [-0.4, -0.2) is 26.8 Å². The summed E-state index contributed by atoms with van der Waals surface area (Å²) in [6.45, 7) is 5.04. The van der Waals surface area contributed by atoms with Gasteiger partial charge in [-0.15, -0.1) is 5.10 Å². The molecule has 19 heavy (non-hydrogen) atoms. The molecule has 0 aliphatic heterocycles. The van der Waals surface area contributed by atoms with E-state index in [1.165, 1.54) is 0 Å². The highest BCUT2D eigenvalue weighted by molar-refractivity contribution is 6.34. The Hall–Kier alpha value is -1.17. The number of hydrogen-bond acceptors (Lipinski definition) is 4. The summed E-state index contributed by atoms with van der Waals surface area (Å²) in [5.41, 5.74) is 0.752. The molecule has 102 valence electrons. The van der Waals surface area contributed by atoms with Gasteiger partial charge in [0.15, 0.2) is 5.82 Å². The molecule has 2 rings (SSSR count). The third kappa shape index (κ3) is 3.43. The van der Waals surface area contributed by atoms with E-state index in [9.17, 15) is 0 Å². The van der Waals surface area contributed by atoms with Gasteiger partial charge in [0.05, 0.1) is 11.7 Å². The SMILES string of the molecule is CCCNC(C)c1nnnn1-c1cc(Cl)cc(Cl)c1. The molecular weight excluding hydrogens is 285 g/mol. The summed E-state index contributed by atoms with van der Waals surface area (Å²) >= 11 is 12.0. The maximum atomic E-state index is 6.00. The molecule has 1 unspecified atom stereocenters. The van der Waals surface area contributed by atoms with Gasteiger partial charge in [0.2, 0.25) is 0 Å². The van der Waals surface area contributed by atoms with Crippen molar-refractivity contribution >= 4 is 23.2 Å². The number of tetrazole rings is 1. The fraction of sp³-hybridized carbons (Fsp3) is 0.417. The van der Waals surface area contributed by atoms with Crippen molar-refractivity contribution in [3.05, 3.63) is 34.1 Å². The van der Waals surface area contributed by atoms with E-state index in [0.29, 0.717) is 10.0 Å². The van der Waals surface area contributed by atoms with E-state index in [0.717, 1.165) is 24.5 Å². The van der Waals surface area contributed by atoms with Crippen LogP contribution in [0.3, 0.4) is 0 Å². The van der Waals surface area contributed by atoms with Gasteiger partial charge in [-0.05, 0) is 48.5 Å². The molecule has 1 aromatic heterocycles. The molecule has 0 spiro atoms. The van der Waals surface area contributed by atoms with Crippen molar-refractivity contribution in [1.29, 1.82) is 0 Å². The second-order valence-electron chi connectivity index (χ2n) is 4.25. The Labute approximate surface area is 121 Å². The van der Waals surface area contributed by atoms with Crippen LogP contribution in [0.5, 0.6) is 0 Å². The average Bonchev–Trinajstić information content (AvgIpc) is 2.84. The van der Waals surface area contributed by atoms with E-state index in [4.69, 9.17) is 23.2 Å². The van der Waals surface area contributed by atoms with Gasteiger partial charge in [0, 0.05) is 10.0 Å². The maximum Gasteiger partial charge on any atom is 0.173 e. The van der Waals surface area contributed by atoms with Crippen molar-refractivity contribution in [3.63, 3.8) is 0 Å². The average molecular weight is 300 g/mol. The van der Waals surface area contributed by atoms with Gasteiger partial charge in [0.1, 0.15) is 0 Å². The molecule has 1 atom stereocenters. The predicted octanol–water partition coefficient (Wildman–Crippen LogP) is 3.03. The minimum Gasteiger partial charge on any atom is -0.307 e. The Balaban J connectivity index is 2.32. The zero-order valence-electron chi connectivity index (χ0n) is 10.8. The molecule has 0 aliphatic carbocycles.